The third-order valence-corrected chi connectivity index (χ3v) is 2.82. The number of nitrogen functional groups attached to an aromatic ring is 1. The molecule has 0 saturated heterocycles. The van der Waals surface area contributed by atoms with E-state index in [1.54, 1.807) is 6.07 Å². The molecule has 1 atom stereocenters. The first-order chi connectivity index (χ1) is 7.11. The second-order valence-electron chi connectivity index (χ2n) is 3.89. The van der Waals surface area contributed by atoms with Crippen LogP contribution in [0.5, 0.6) is 0 Å². The van der Waals surface area contributed by atoms with Gasteiger partial charge in [-0.2, -0.15) is 0 Å². The lowest BCUT2D eigenvalue weighted by Gasteiger charge is -2.01. The average molecular weight is 208 g/mol. The maximum Gasteiger partial charge on any atom is 0.292 e. The molecule has 0 bridgehead atoms. The minimum atomic E-state index is -0.470. The van der Waals surface area contributed by atoms with Gasteiger partial charge in [0, 0.05) is 12.7 Å². The monoisotopic (exact) mass is 208 g/mol. The maximum absolute atomic E-state index is 10.6. The van der Waals surface area contributed by atoms with Crippen LogP contribution in [0.4, 0.5) is 11.4 Å². The largest absolute Gasteiger partial charge is 0.396 e. The van der Waals surface area contributed by atoms with Crippen molar-refractivity contribution in [1.82, 2.24) is 0 Å². The van der Waals surface area contributed by atoms with E-state index in [1.807, 2.05) is 0 Å². The fourth-order valence-corrected chi connectivity index (χ4v) is 2.06. The molecule has 5 nitrogen and oxygen atoms in total. The molecule has 0 spiro atoms. The van der Waals surface area contributed by atoms with Gasteiger partial charge in [0.25, 0.3) is 5.69 Å². The summed E-state index contributed by atoms with van der Waals surface area (Å²) in [5.74, 6) is 0.182. The highest BCUT2D eigenvalue weighted by Crippen LogP contribution is 2.33. The van der Waals surface area contributed by atoms with Gasteiger partial charge in [0.05, 0.1) is 4.92 Å². The zero-order valence-corrected chi connectivity index (χ0v) is 8.14. The van der Waals surface area contributed by atoms with Gasteiger partial charge >= 0.3 is 0 Å². The van der Waals surface area contributed by atoms with Crippen molar-refractivity contribution in [2.24, 2.45) is 5.92 Å². The second-order valence-corrected chi connectivity index (χ2v) is 3.89. The van der Waals surface area contributed by atoms with E-state index in [1.165, 1.54) is 6.07 Å². The highest BCUT2D eigenvalue weighted by molar-refractivity contribution is 5.62. The van der Waals surface area contributed by atoms with Crippen molar-refractivity contribution in [3.63, 3.8) is 0 Å². The molecule has 1 unspecified atom stereocenters. The van der Waals surface area contributed by atoms with E-state index in [-0.39, 0.29) is 23.9 Å². The average Bonchev–Trinajstić information content (AvgIpc) is 2.58. The zero-order chi connectivity index (χ0) is 11.0. The molecule has 5 heteroatoms. The molecule has 0 fully saturated rings. The van der Waals surface area contributed by atoms with E-state index in [0.29, 0.717) is 6.42 Å². The Morgan fingerprint density at radius 3 is 2.60 bits per heavy atom. The molecule has 0 heterocycles. The molecular weight excluding hydrogens is 196 g/mol. The minimum absolute atomic E-state index is 0.0349. The van der Waals surface area contributed by atoms with Gasteiger partial charge in [-0.15, -0.1) is 0 Å². The number of aliphatic hydroxyl groups excluding tert-OH is 1. The fourth-order valence-electron chi connectivity index (χ4n) is 2.06. The number of fused-ring (bicyclic) bond motifs is 1. The first kappa shape index (κ1) is 9.92. The van der Waals surface area contributed by atoms with Crippen LogP contribution in [0.2, 0.25) is 0 Å². The lowest BCUT2D eigenvalue weighted by Crippen LogP contribution is -2.04. The Morgan fingerprint density at radius 1 is 1.47 bits per heavy atom. The van der Waals surface area contributed by atoms with Crippen molar-refractivity contribution in [2.75, 3.05) is 12.3 Å². The second kappa shape index (κ2) is 3.51. The van der Waals surface area contributed by atoms with E-state index in [9.17, 15) is 10.1 Å². The Hall–Kier alpha value is -1.62. The molecule has 0 radical (unpaired) electrons. The quantitative estimate of drug-likeness (QED) is 0.429. The highest BCUT2D eigenvalue weighted by Gasteiger charge is 2.24. The molecule has 3 N–H and O–H groups in total. The van der Waals surface area contributed by atoms with Crippen LogP contribution in [-0.4, -0.2) is 16.6 Å². The van der Waals surface area contributed by atoms with Gasteiger partial charge in [0.15, 0.2) is 0 Å². The van der Waals surface area contributed by atoms with Crippen LogP contribution in [-0.2, 0) is 12.8 Å². The van der Waals surface area contributed by atoms with Crippen LogP contribution in [0, 0.1) is 16.0 Å². The zero-order valence-electron chi connectivity index (χ0n) is 8.14. The van der Waals surface area contributed by atoms with Crippen LogP contribution in [0.15, 0.2) is 12.1 Å². The maximum atomic E-state index is 10.6. The molecule has 0 aromatic heterocycles. The molecule has 2 rings (SSSR count). The predicted octanol–water partition coefficient (Wildman–Crippen LogP) is 0.884. The SMILES string of the molecule is Nc1cc2c(cc1[N+](=O)[O-])CC(CO)C2. The standard InChI is InChI=1S/C10H12N2O3/c11-9-3-7-1-6(5-13)2-8(7)4-10(9)12(14)15/h3-4,6,13H,1-2,5,11H2. The van der Waals surface area contributed by atoms with Crippen LogP contribution in [0.1, 0.15) is 11.1 Å². The number of nitrogens with zero attached hydrogens (tertiary/aromatic N) is 1. The molecule has 1 aliphatic rings. The lowest BCUT2D eigenvalue weighted by molar-refractivity contribution is -0.384. The van der Waals surface area contributed by atoms with Gasteiger partial charge < -0.3 is 10.8 Å². The molecule has 0 aliphatic heterocycles. The van der Waals surface area contributed by atoms with Crippen molar-refractivity contribution in [3.05, 3.63) is 33.4 Å². The Balaban J connectivity index is 2.41. The number of anilines is 1. The smallest absolute Gasteiger partial charge is 0.292 e. The van der Waals surface area contributed by atoms with Gasteiger partial charge in [-0.1, -0.05) is 0 Å². The summed E-state index contributed by atoms with van der Waals surface area (Å²) in [6.45, 7) is 0.113. The summed E-state index contributed by atoms with van der Waals surface area (Å²) in [6.07, 6.45) is 1.46. The van der Waals surface area contributed by atoms with Crippen LogP contribution in [0.25, 0.3) is 0 Å². The number of nitrogens with two attached hydrogens (primary N) is 1. The number of benzene rings is 1. The summed E-state index contributed by atoms with van der Waals surface area (Å²) in [6, 6.07) is 3.18. The van der Waals surface area contributed by atoms with Gasteiger partial charge in [0.2, 0.25) is 0 Å². The third kappa shape index (κ3) is 1.66. The van der Waals surface area contributed by atoms with Crippen molar-refractivity contribution < 1.29 is 10.0 Å². The van der Waals surface area contributed by atoms with Crippen LogP contribution >= 0.6 is 0 Å². The summed E-state index contributed by atoms with van der Waals surface area (Å²) in [5.41, 5.74) is 7.71. The van der Waals surface area contributed by atoms with E-state index in [0.717, 1.165) is 17.5 Å². The summed E-state index contributed by atoms with van der Waals surface area (Å²) in [7, 11) is 0. The summed E-state index contributed by atoms with van der Waals surface area (Å²) < 4.78 is 0. The van der Waals surface area contributed by atoms with Crippen molar-refractivity contribution in [2.45, 2.75) is 12.8 Å². The normalized spacial score (nSPS) is 18.9. The van der Waals surface area contributed by atoms with Crippen molar-refractivity contribution in [1.29, 1.82) is 0 Å². The Labute approximate surface area is 86.7 Å². The number of aliphatic hydroxyl groups is 1. The Bertz CT molecular complexity index is 417. The van der Waals surface area contributed by atoms with E-state index in [4.69, 9.17) is 10.8 Å². The molecule has 80 valence electrons. The molecule has 0 amide bonds. The molecular formula is C10H12N2O3. The van der Waals surface area contributed by atoms with Crippen LogP contribution in [0.3, 0.4) is 0 Å². The minimum Gasteiger partial charge on any atom is -0.396 e. The van der Waals surface area contributed by atoms with E-state index < -0.39 is 4.92 Å². The third-order valence-electron chi connectivity index (χ3n) is 2.82. The lowest BCUT2D eigenvalue weighted by atomic mass is 10.1. The van der Waals surface area contributed by atoms with Crippen LogP contribution < -0.4 is 5.73 Å². The highest BCUT2D eigenvalue weighted by atomic mass is 16.6. The predicted molar refractivity (Wildman–Crippen MR) is 55.5 cm³/mol. The molecule has 1 aliphatic carbocycles. The molecule has 15 heavy (non-hydrogen) atoms. The number of rotatable bonds is 2. The van der Waals surface area contributed by atoms with Gasteiger partial charge in [-0.3, -0.25) is 10.1 Å². The Morgan fingerprint density at radius 2 is 2.07 bits per heavy atom. The summed E-state index contributed by atoms with van der Waals surface area (Å²) >= 11 is 0. The number of nitro benzene ring substituents is 1. The Kier molecular flexibility index (Phi) is 2.32. The van der Waals surface area contributed by atoms with Gasteiger partial charge in [0.1, 0.15) is 5.69 Å². The number of nitro groups is 1. The first-order valence-electron chi connectivity index (χ1n) is 4.78. The van der Waals surface area contributed by atoms with Gasteiger partial charge in [-0.05, 0) is 36.0 Å². The topological polar surface area (TPSA) is 89.4 Å². The van der Waals surface area contributed by atoms with Crippen molar-refractivity contribution in [3.8, 4) is 0 Å². The van der Waals surface area contributed by atoms with E-state index >= 15 is 0 Å². The van der Waals surface area contributed by atoms with Crippen molar-refractivity contribution >= 4 is 11.4 Å². The number of hydrogen-bond acceptors (Lipinski definition) is 4. The van der Waals surface area contributed by atoms with Gasteiger partial charge in [-0.25, -0.2) is 0 Å². The molecule has 1 aromatic carbocycles. The summed E-state index contributed by atoms with van der Waals surface area (Å²) in [5, 5.41) is 19.7. The molecule has 1 aromatic rings. The summed E-state index contributed by atoms with van der Waals surface area (Å²) in [4.78, 5) is 10.2. The fraction of sp³-hybridized carbons (Fsp3) is 0.400. The van der Waals surface area contributed by atoms with E-state index in [2.05, 4.69) is 0 Å². The first-order valence-corrected chi connectivity index (χ1v) is 4.78. The molecule has 0 saturated carbocycles. The number of hydrogen-bond donors (Lipinski definition) is 2.